The van der Waals surface area contributed by atoms with E-state index in [1.165, 1.54) is 5.56 Å². The maximum absolute atomic E-state index is 6.41. The molecule has 0 saturated heterocycles. The molecule has 1 atom stereocenters. The average Bonchev–Trinajstić information content (AvgIpc) is 3.32. The van der Waals surface area contributed by atoms with Gasteiger partial charge in [0.1, 0.15) is 11.6 Å². The first-order chi connectivity index (χ1) is 13.7. The minimum Gasteiger partial charge on any atom is -0.497 e. The van der Waals surface area contributed by atoms with Gasteiger partial charge < -0.3 is 14.7 Å². The number of halogens is 1. The fourth-order valence-electron chi connectivity index (χ4n) is 3.86. The van der Waals surface area contributed by atoms with Gasteiger partial charge in [0, 0.05) is 32.0 Å². The van der Waals surface area contributed by atoms with Crippen LogP contribution in [0.15, 0.2) is 30.6 Å². The summed E-state index contributed by atoms with van der Waals surface area (Å²) in [5, 5.41) is 0.583. The highest BCUT2D eigenvalue weighted by atomic mass is 35.5. The van der Waals surface area contributed by atoms with E-state index in [1.807, 2.05) is 12.1 Å². The van der Waals surface area contributed by atoms with Gasteiger partial charge in [0.05, 0.1) is 30.5 Å². The standard InChI is InChI=1S/C21H26ClN5O/c1-3-4-8-19-25-18(21(22)26-19)12-27-10-16(20-17(11-27)23-13-24-20)14-6-5-7-15(9-14)28-2/h5-7,9,13,16H,3-4,8,10-12H2,1-2H3,(H,23,24)(H,25,26). The molecule has 0 spiro atoms. The van der Waals surface area contributed by atoms with E-state index in [-0.39, 0.29) is 5.92 Å². The summed E-state index contributed by atoms with van der Waals surface area (Å²) in [7, 11) is 1.70. The predicted molar refractivity (Wildman–Crippen MR) is 110 cm³/mol. The first kappa shape index (κ1) is 19.0. The Bertz CT molecular complexity index is 935. The Morgan fingerprint density at radius 2 is 2.25 bits per heavy atom. The molecule has 7 heteroatoms. The van der Waals surface area contributed by atoms with E-state index in [2.05, 4.69) is 43.9 Å². The lowest BCUT2D eigenvalue weighted by molar-refractivity contribution is 0.225. The third-order valence-corrected chi connectivity index (χ3v) is 5.64. The van der Waals surface area contributed by atoms with Crippen LogP contribution in [0.3, 0.4) is 0 Å². The molecule has 0 fully saturated rings. The first-order valence-electron chi connectivity index (χ1n) is 9.79. The number of fused-ring (bicyclic) bond motifs is 1. The Labute approximate surface area is 170 Å². The number of ether oxygens (including phenoxy) is 1. The molecule has 0 aliphatic carbocycles. The minimum absolute atomic E-state index is 0.186. The smallest absolute Gasteiger partial charge is 0.151 e. The van der Waals surface area contributed by atoms with Crippen LogP contribution in [0.25, 0.3) is 0 Å². The van der Waals surface area contributed by atoms with E-state index in [9.17, 15) is 0 Å². The molecule has 148 valence electrons. The van der Waals surface area contributed by atoms with Crippen molar-refractivity contribution in [3.63, 3.8) is 0 Å². The Kier molecular flexibility index (Phi) is 5.69. The van der Waals surface area contributed by atoms with Gasteiger partial charge >= 0.3 is 0 Å². The SMILES string of the molecule is CCCCc1nc(Cl)c(CN2Cc3[nH]cnc3C(c3cccc(OC)c3)C2)[nH]1. The lowest BCUT2D eigenvalue weighted by atomic mass is 9.90. The largest absolute Gasteiger partial charge is 0.497 e. The van der Waals surface area contributed by atoms with Crippen LogP contribution >= 0.6 is 11.6 Å². The molecule has 28 heavy (non-hydrogen) atoms. The summed E-state index contributed by atoms with van der Waals surface area (Å²) >= 11 is 6.41. The Balaban J connectivity index is 1.56. The summed E-state index contributed by atoms with van der Waals surface area (Å²) in [6.07, 6.45) is 4.98. The predicted octanol–water partition coefficient (Wildman–Crippen LogP) is 4.29. The monoisotopic (exact) mass is 399 g/mol. The lowest BCUT2D eigenvalue weighted by Gasteiger charge is -2.32. The van der Waals surface area contributed by atoms with Crippen molar-refractivity contribution in [2.75, 3.05) is 13.7 Å². The second-order valence-electron chi connectivity index (χ2n) is 7.32. The second-order valence-corrected chi connectivity index (χ2v) is 7.68. The van der Waals surface area contributed by atoms with E-state index < -0.39 is 0 Å². The van der Waals surface area contributed by atoms with Crippen molar-refractivity contribution in [1.82, 2.24) is 24.8 Å². The van der Waals surface area contributed by atoms with Crippen LogP contribution in [0.5, 0.6) is 5.75 Å². The molecule has 1 aliphatic rings. The number of nitrogens with zero attached hydrogens (tertiary/aromatic N) is 3. The van der Waals surface area contributed by atoms with Gasteiger partial charge in [-0.05, 0) is 24.1 Å². The molecule has 1 aliphatic heterocycles. The van der Waals surface area contributed by atoms with Crippen LogP contribution in [0.4, 0.5) is 0 Å². The fraction of sp³-hybridized carbons (Fsp3) is 0.429. The van der Waals surface area contributed by atoms with Gasteiger partial charge in [-0.3, -0.25) is 4.90 Å². The molecule has 0 bridgehead atoms. The highest BCUT2D eigenvalue weighted by Gasteiger charge is 2.29. The Morgan fingerprint density at radius 3 is 3.07 bits per heavy atom. The van der Waals surface area contributed by atoms with E-state index in [4.69, 9.17) is 16.3 Å². The van der Waals surface area contributed by atoms with Crippen LogP contribution < -0.4 is 4.74 Å². The third kappa shape index (κ3) is 3.93. The highest BCUT2D eigenvalue weighted by Crippen LogP contribution is 2.34. The summed E-state index contributed by atoms with van der Waals surface area (Å²) in [6, 6.07) is 8.24. The average molecular weight is 400 g/mol. The molecule has 4 rings (SSSR count). The van der Waals surface area contributed by atoms with Gasteiger partial charge in [-0.25, -0.2) is 9.97 Å². The minimum atomic E-state index is 0.186. The van der Waals surface area contributed by atoms with Crippen LogP contribution in [0.2, 0.25) is 5.15 Å². The van der Waals surface area contributed by atoms with Crippen molar-refractivity contribution < 1.29 is 4.74 Å². The number of methoxy groups -OCH3 is 1. The molecule has 1 aromatic carbocycles. The maximum Gasteiger partial charge on any atom is 0.151 e. The summed E-state index contributed by atoms with van der Waals surface area (Å²) in [5.41, 5.74) is 4.46. The number of benzene rings is 1. The quantitative estimate of drug-likeness (QED) is 0.622. The van der Waals surface area contributed by atoms with E-state index in [1.54, 1.807) is 13.4 Å². The van der Waals surface area contributed by atoms with Gasteiger partial charge in [0.15, 0.2) is 5.15 Å². The molecule has 6 nitrogen and oxygen atoms in total. The molecule has 2 N–H and O–H groups in total. The van der Waals surface area contributed by atoms with Gasteiger partial charge in [-0.15, -0.1) is 0 Å². The molecular formula is C21H26ClN5O. The van der Waals surface area contributed by atoms with Crippen LogP contribution in [-0.4, -0.2) is 38.5 Å². The number of hydrogen-bond acceptors (Lipinski definition) is 4. The topological polar surface area (TPSA) is 69.8 Å². The molecule has 0 amide bonds. The lowest BCUT2D eigenvalue weighted by Crippen LogP contribution is -2.34. The molecule has 0 saturated carbocycles. The number of H-pyrrole nitrogens is 2. The number of hydrogen-bond donors (Lipinski definition) is 2. The zero-order valence-electron chi connectivity index (χ0n) is 16.3. The number of aromatic nitrogens is 4. The van der Waals surface area contributed by atoms with Crippen molar-refractivity contribution in [3.8, 4) is 5.75 Å². The maximum atomic E-state index is 6.41. The number of nitrogens with one attached hydrogen (secondary N) is 2. The van der Waals surface area contributed by atoms with Gasteiger partial charge in [-0.2, -0.15) is 0 Å². The van der Waals surface area contributed by atoms with Crippen LogP contribution in [0.1, 0.15) is 54.2 Å². The second kappa shape index (κ2) is 8.37. The molecule has 3 heterocycles. The van der Waals surface area contributed by atoms with E-state index in [0.717, 1.165) is 67.6 Å². The summed E-state index contributed by atoms with van der Waals surface area (Å²) in [4.78, 5) is 18.2. The molecular weight excluding hydrogens is 374 g/mol. The van der Waals surface area contributed by atoms with Crippen molar-refractivity contribution in [2.45, 2.75) is 45.2 Å². The number of rotatable bonds is 7. The Hall–Kier alpha value is -2.31. The van der Waals surface area contributed by atoms with Gasteiger partial charge in [0.25, 0.3) is 0 Å². The fourth-order valence-corrected chi connectivity index (χ4v) is 4.07. The van der Waals surface area contributed by atoms with E-state index >= 15 is 0 Å². The third-order valence-electron chi connectivity index (χ3n) is 5.33. The zero-order valence-corrected chi connectivity index (χ0v) is 17.1. The summed E-state index contributed by atoms with van der Waals surface area (Å²) in [5.74, 6) is 2.03. The van der Waals surface area contributed by atoms with Crippen molar-refractivity contribution >= 4 is 11.6 Å². The highest BCUT2D eigenvalue weighted by molar-refractivity contribution is 6.30. The van der Waals surface area contributed by atoms with Crippen molar-refractivity contribution in [2.24, 2.45) is 0 Å². The number of unbranched alkanes of at least 4 members (excludes halogenated alkanes) is 1. The van der Waals surface area contributed by atoms with Gasteiger partial charge in [0.2, 0.25) is 0 Å². The zero-order chi connectivity index (χ0) is 19.5. The van der Waals surface area contributed by atoms with Crippen molar-refractivity contribution in [1.29, 1.82) is 0 Å². The summed E-state index contributed by atoms with van der Waals surface area (Å²) < 4.78 is 5.42. The molecule has 1 unspecified atom stereocenters. The van der Waals surface area contributed by atoms with Crippen LogP contribution in [-0.2, 0) is 19.5 Å². The number of imidazole rings is 2. The number of aryl methyl sites for hydroxylation is 1. The Morgan fingerprint density at radius 1 is 1.36 bits per heavy atom. The molecule has 3 aromatic rings. The molecule has 2 aromatic heterocycles. The van der Waals surface area contributed by atoms with E-state index in [0.29, 0.717) is 5.15 Å². The summed E-state index contributed by atoms with van der Waals surface area (Å²) in [6.45, 7) is 4.59. The van der Waals surface area contributed by atoms with Crippen LogP contribution in [0, 0.1) is 0 Å². The number of aromatic amines is 2. The first-order valence-corrected chi connectivity index (χ1v) is 10.2. The normalized spacial score (nSPS) is 16.9. The van der Waals surface area contributed by atoms with Gasteiger partial charge in [-0.1, -0.05) is 37.1 Å². The molecule has 0 radical (unpaired) electrons. The van der Waals surface area contributed by atoms with Crippen molar-refractivity contribution in [3.05, 3.63) is 64.2 Å².